The van der Waals surface area contributed by atoms with E-state index in [1.54, 1.807) is 21.9 Å². The molecule has 2 aromatic rings. The van der Waals surface area contributed by atoms with Crippen LogP contribution in [0.3, 0.4) is 0 Å². The van der Waals surface area contributed by atoms with Crippen molar-refractivity contribution < 1.29 is 24.2 Å². The molecule has 0 saturated carbocycles. The number of ether oxygens (including phenoxy) is 2. The molecule has 3 atom stereocenters. The normalized spacial score (nSPS) is 24.5. The van der Waals surface area contributed by atoms with Gasteiger partial charge in [0.15, 0.2) is 5.75 Å². The van der Waals surface area contributed by atoms with Crippen molar-refractivity contribution in [1.29, 1.82) is 0 Å². The predicted molar refractivity (Wildman–Crippen MR) is 156 cm³/mol. The fourth-order valence-corrected chi connectivity index (χ4v) is 6.79. The summed E-state index contributed by atoms with van der Waals surface area (Å²) >= 11 is 13.5. The third kappa shape index (κ3) is 4.80. The highest BCUT2D eigenvalue weighted by molar-refractivity contribution is 6.38. The highest BCUT2D eigenvalue weighted by Gasteiger charge is 2.44. The van der Waals surface area contributed by atoms with E-state index in [1.807, 2.05) is 0 Å². The number of piperazine rings is 1. The number of carbonyl (C=O) groups is 2. The summed E-state index contributed by atoms with van der Waals surface area (Å²) in [6.07, 6.45) is 2.15. The monoisotopic (exact) mass is 601 g/mol. The first-order chi connectivity index (χ1) is 19.7. The number of phenols is 1. The van der Waals surface area contributed by atoms with E-state index in [2.05, 4.69) is 30.4 Å². The zero-order valence-corrected chi connectivity index (χ0v) is 24.6. The van der Waals surface area contributed by atoms with Crippen molar-refractivity contribution in [3.8, 4) is 22.8 Å². The number of halogens is 2. The molecule has 1 aromatic heterocycles. The van der Waals surface area contributed by atoms with E-state index in [0.717, 1.165) is 6.42 Å². The van der Waals surface area contributed by atoms with E-state index in [9.17, 15) is 14.7 Å². The molecule has 3 fully saturated rings. The fourth-order valence-electron chi connectivity index (χ4n) is 6.25. The number of aromatic hydroxyl groups is 1. The van der Waals surface area contributed by atoms with Gasteiger partial charge in [-0.2, -0.15) is 0 Å². The smallest absolute Gasteiger partial charge is 0.261 e. The molecule has 0 spiro atoms. The van der Waals surface area contributed by atoms with Gasteiger partial charge in [0, 0.05) is 38.3 Å². The summed E-state index contributed by atoms with van der Waals surface area (Å²) in [7, 11) is 2.11. The lowest BCUT2D eigenvalue weighted by atomic mass is 10.1. The van der Waals surface area contributed by atoms with Gasteiger partial charge in [0.2, 0.25) is 5.91 Å². The van der Waals surface area contributed by atoms with Crippen LogP contribution in [0, 0.1) is 0 Å². The Morgan fingerprint density at radius 1 is 1.15 bits per heavy atom. The molecule has 2 unspecified atom stereocenters. The molecule has 41 heavy (non-hydrogen) atoms. The maximum atomic E-state index is 14.3. The number of carbonyl (C=O) groups excluding carboxylic acids is 2. The number of nitrogens with zero attached hydrogens (tertiary/aromatic N) is 5. The maximum absolute atomic E-state index is 14.3. The highest BCUT2D eigenvalue weighted by atomic mass is 35.5. The summed E-state index contributed by atoms with van der Waals surface area (Å²) in [5.41, 5.74) is 0.811. The third-order valence-corrected chi connectivity index (χ3v) is 9.43. The van der Waals surface area contributed by atoms with Crippen LogP contribution in [0.1, 0.15) is 23.7 Å². The van der Waals surface area contributed by atoms with Gasteiger partial charge in [-0.3, -0.25) is 14.5 Å². The number of benzene rings is 1. The molecule has 12 heteroatoms. The number of aromatic nitrogens is 1. The summed E-state index contributed by atoms with van der Waals surface area (Å²) in [4.78, 5) is 39.5. The number of amides is 2. The molecule has 218 valence electrons. The average Bonchev–Trinajstić information content (AvgIpc) is 3.25. The molecule has 4 aliphatic rings. The van der Waals surface area contributed by atoms with E-state index >= 15 is 0 Å². The van der Waals surface area contributed by atoms with E-state index in [-0.39, 0.29) is 69.3 Å². The second-order valence-corrected chi connectivity index (χ2v) is 11.9. The molecule has 0 radical (unpaired) electrons. The van der Waals surface area contributed by atoms with Gasteiger partial charge in [0.1, 0.15) is 34.5 Å². The van der Waals surface area contributed by atoms with Crippen molar-refractivity contribution in [1.82, 2.24) is 19.7 Å². The van der Waals surface area contributed by atoms with Gasteiger partial charge in [0.05, 0.1) is 35.9 Å². The number of rotatable bonds is 5. The second-order valence-electron chi connectivity index (χ2n) is 11.1. The lowest BCUT2D eigenvalue weighted by molar-refractivity contribution is -0.128. The van der Waals surface area contributed by atoms with Gasteiger partial charge < -0.3 is 29.3 Å². The first kappa shape index (κ1) is 28.1. The van der Waals surface area contributed by atoms with Crippen molar-refractivity contribution in [3.05, 3.63) is 46.5 Å². The van der Waals surface area contributed by atoms with Crippen LogP contribution in [0.25, 0.3) is 11.3 Å². The molecule has 1 aromatic carbocycles. The molecular weight excluding hydrogens is 569 g/mol. The van der Waals surface area contributed by atoms with E-state index in [0.29, 0.717) is 56.8 Å². The lowest BCUT2D eigenvalue weighted by Crippen LogP contribution is -2.57. The summed E-state index contributed by atoms with van der Waals surface area (Å²) in [6, 6.07) is 5.09. The van der Waals surface area contributed by atoms with Crippen molar-refractivity contribution in [2.24, 2.45) is 0 Å². The molecule has 10 nitrogen and oxygen atoms in total. The number of likely N-dealkylation sites (N-methyl/N-ethyl adjacent to an activating group) is 1. The minimum absolute atomic E-state index is 0.0582. The van der Waals surface area contributed by atoms with Gasteiger partial charge in [-0.05, 0) is 38.6 Å². The zero-order valence-electron chi connectivity index (χ0n) is 23.1. The standard InChI is InChI=1S/C29H33Cl2N5O5/c1-4-22(38)34-8-9-35-18(11-34)15-41-27-24(29(35)39)28(32-26(25(27)31)23-20(30)6-5-7-21(23)37)36-12-17(10-16(36)2)33(3)19-13-40-14-19/h4-7,16-19,37H,1,8-15H2,2-3H3/t16?,17?,18-/m1/s1. The quantitative estimate of drug-likeness (QED) is 0.521. The summed E-state index contributed by atoms with van der Waals surface area (Å²) < 4.78 is 11.7. The van der Waals surface area contributed by atoms with E-state index < -0.39 is 0 Å². The highest BCUT2D eigenvalue weighted by Crippen LogP contribution is 2.48. The Morgan fingerprint density at radius 2 is 1.93 bits per heavy atom. The minimum Gasteiger partial charge on any atom is -0.507 e. The van der Waals surface area contributed by atoms with Crippen LogP contribution in [0.2, 0.25) is 10.0 Å². The first-order valence-electron chi connectivity index (χ1n) is 13.8. The number of phenolic OH excluding ortho intramolecular Hbond substituents is 1. The average molecular weight is 603 g/mol. The van der Waals surface area contributed by atoms with Gasteiger partial charge in [-0.25, -0.2) is 4.98 Å². The Bertz CT molecular complexity index is 1380. The van der Waals surface area contributed by atoms with Gasteiger partial charge >= 0.3 is 0 Å². The second kappa shape index (κ2) is 11.0. The van der Waals surface area contributed by atoms with Gasteiger partial charge in [-0.1, -0.05) is 35.8 Å². The molecule has 0 aliphatic carbocycles. The molecule has 5 heterocycles. The molecule has 2 amide bonds. The van der Waals surface area contributed by atoms with Crippen LogP contribution in [-0.2, 0) is 9.53 Å². The van der Waals surface area contributed by atoms with E-state index in [1.165, 1.54) is 12.1 Å². The van der Waals surface area contributed by atoms with Crippen molar-refractivity contribution in [3.63, 3.8) is 0 Å². The summed E-state index contributed by atoms with van der Waals surface area (Å²) in [5.74, 6) is 0.147. The largest absolute Gasteiger partial charge is 0.507 e. The first-order valence-corrected chi connectivity index (χ1v) is 14.6. The van der Waals surface area contributed by atoms with E-state index in [4.69, 9.17) is 37.7 Å². The molecular formula is C29H33Cl2N5O5. The number of pyridine rings is 1. The molecule has 6 rings (SSSR count). The van der Waals surface area contributed by atoms with Gasteiger partial charge in [0.25, 0.3) is 5.91 Å². The topological polar surface area (TPSA) is 98.7 Å². The van der Waals surface area contributed by atoms with Crippen molar-refractivity contribution >= 4 is 40.8 Å². The Labute approximate surface area is 249 Å². The van der Waals surface area contributed by atoms with Crippen LogP contribution in [0.4, 0.5) is 5.82 Å². The Kier molecular flexibility index (Phi) is 7.52. The van der Waals surface area contributed by atoms with Crippen LogP contribution < -0.4 is 9.64 Å². The molecule has 0 bridgehead atoms. The van der Waals surface area contributed by atoms with Crippen LogP contribution in [-0.4, -0.2) is 114 Å². The molecule has 1 N–H and O–H groups in total. The molecule has 4 aliphatic heterocycles. The minimum atomic E-state index is -0.373. The fraction of sp³-hybridized carbons (Fsp3) is 0.483. The third-order valence-electron chi connectivity index (χ3n) is 8.77. The number of hydrogen-bond donors (Lipinski definition) is 1. The van der Waals surface area contributed by atoms with Crippen molar-refractivity contribution in [2.75, 3.05) is 57.9 Å². The number of hydrogen-bond acceptors (Lipinski definition) is 8. The number of anilines is 1. The van der Waals surface area contributed by atoms with Crippen LogP contribution >= 0.6 is 23.2 Å². The van der Waals surface area contributed by atoms with Crippen LogP contribution in [0.5, 0.6) is 11.5 Å². The molecule has 3 saturated heterocycles. The van der Waals surface area contributed by atoms with Gasteiger partial charge in [-0.15, -0.1) is 0 Å². The summed E-state index contributed by atoms with van der Waals surface area (Å²) in [6.45, 7) is 8.96. The van der Waals surface area contributed by atoms with Crippen LogP contribution in [0.15, 0.2) is 30.9 Å². The number of fused-ring (bicyclic) bond motifs is 2. The lowest BCUT2D eigenvalue weighted by Gasteiger charge is -2.39. The Hall–Kier alpha value is -3.05. The predicted octanol–water partition coefficient (Wildman–Crippen LogP) is 3.29. The maximum Gasteiger partial charge on any atom is 0.261 e. The SMILES string of the molecule is C=CC(=O)N1CCN2C(=O)c3c(N4CC(N(C)C5COC5)CC4C)nc(-c4c(O)cccc4Cl)c(Cl)c3OC[C@H]2C1. The zero-order chi connectivity index (χ0) is 29.0. The summed E-state index contributed by atoms with van der Waals surface area (Å²) in [5, 5.41) is 11.2. The Morgan fingerprint density at radius 3 is 2.61 bits per heavy atom. The van der Waals surface area contributed by atoms with Crippen molar-refractivity contribution in [2.45, 2.75) is 37.5 Å². The Balaban J connectivity index is 1.46.